The molecule has 2 aromatic carbocycles. The zero-order valence-electron chi connectivity index (χ0n) is 13.4. The van der Waals surface area contributed by atoms with Gasteiger partial charge in [-0.2, -0.15) is 4.98 Å². The summed E-state index contributed by atoms with van der Waals surface area (Å²) in [4.78, 5) is 12.8. The number of fused-ring (bicyclic) bond motifs is 1. The van der Waals surface area contributed by atoms with Gasteiger partial charge in [-0.05, 0) is 42.0 Å². The van der Waals surface area contributed by atoms with Crippen LogP contribution in [0.4, 0.5) is 14.7 Å². The first-order chi connectivity index (χ1) is 12.7. The highest BCUT2D eigenvalue weighted by molar-refractivity contribution is 5.71. The molecular formula is C18H12F2N6. The van der Waals surface area contributed by atoms with Crippen molar-refractivity contribution in [2.45, 2.75) is 6.54 Å². The van der Waals surface area contributed by atoms with E-state index >= 15 is 0 Å². The summed E-state index contributed by atoms with van der Waals surface area (Å²) in [5.41, 5.74) is 2.37. The molecule has 6 nitrogen and oxygen atoms in total. The molecule has 0 aliphatic carbocycles. The van der Waals surface area contributed by atoms with Gasteiger partial charge in [-0.3, -0.25) is 0 Å². The van der Waals surface area contributed by atoms with Gasteiger partial charge in [0, 0.05) is 12.1 Å². The van der Waals surface area contributed by atoms with Gasteiger partial charge in [0.05, 0.1) is 6.20 Å². The van der Waals surface area contributed by atoms with Gasteiger partial charge in [-0.25, -0.2) is 18.7 Å². The molecule has 0 unspecified atom stereocenters. The number of nitrogens with one attached hydrogen (secondary N) is 1. The predicted molar refractivity (Wildman–Crippen MR) is 92.0 cm³/mol. The molecule has 0 amide bonds. The lowest BCUT2D eigenvalue weighted by Gasteiger charge is -2.06. The highest BCUT2D eigenvalue weighted by Crippen LogP contribution is 2.17. The van der Waals surface area contributed by atoms with Crippen LogP contribution in [0.25, 0.3) is 22.6 Å². The Labute approximate surface area is 147 Å². The van der Waals surface area contributed by atoms with Crippen LogP contribution in [0, 0.1) is 11.6 Å². The van der Waals surface area contributed by atoms with Crippen molar-refractivity contribution in [2.75, 3.05) is 5.32 Å². The molecule has 0 radical (unpaired) electrons. The molecule has 0 bridgehead atoms. The van der Waals surface area contributed by atoms with E-state index in [1.807, 2.05) is 0 Å². The normalized spacial score (nSPS) is 10.8. The summed E-state index contributed by atoms with van der Waals surface area (Å²) in [5.74, 6) is 0.122. The number of hydrogen-bond donors (Lipinski definition) is 1. The average Bonchev–Trinajstić information content (AvgIpc) is 2.67. The van der Waals surface area contributed by atoms with Gasteiger partial charge in [0.25, 0.3) is 0 Å². The molecule has 8 heteroatoms. The number of halogens is 2. The average molecular weight is 350 g/mol. The van der Waals surface area contributed by atoms with Crippen LogP contribution >= 0.6 is 0 Å². The SMILES string of the molecule is Fc1ccc(CNc2ncc3nc(-c4ccc(F)cc4)nnc3n2)cc1. The molecule has 4 rings (SSSR count). The van der Waals surface area contributed by atoms with Gasteiger partial charge in [0.1, 0.15) is 17.2 Å². The van der Waals surface area contributed by atoms with Crippen molar-refractivity contribution in [3.63, 3.8) is 0 Å². The summed E-state index contributed by atoms with van der Waals surface area (Å²) < 4.78 is 25.9. The van der Waals surface area contributed by atoms with Crippen molar-refractivity contribution in [2.24, 2.45) is 0 Å². The third kappa shape index (κ3) is 3.44. The van der Waals surface area contributed by atoms with Crippen LogP contribution in [-0.4, -0.2) is 25.1 Å². The van der Waals surface area contributed by atoms with Crippen LogP contribution < -0.4 is 5.32 Å². The van der Waals surface area contributed by atoms with E-state index < -0.39 is 0 Å². The summed E-state index contributed by atoms with van der Waals surface area (Å²) in [6.07, 6.45) is 1.54. The molecule has 2 heterocycles. The second kappa shape index (κ2) is 6.75. The van der Waals surface area contributed by atoms with Crippen molar-refractivity contribution in [3.8, 4) is 11.4 Å². The van der Waals surface area contributed by atoms with Gasteiger partial charge >= 0.3 is 0 Å². The second-order valence-electron chi connectivity index (χ2n) is 5.52. The van der Waals surface area contributed by atoms with Crippen LogP contribution in [-0.2, 0) is 6.54 Å². The summed E-state index contributed by atoms with van der Waals surface area (Å²) in [6, 6.07) is 12.0. The minimum atomic E-state index is -0.331. The third-order valence-electron chi connectivity index (χ3n) is 3.68. The van der Waals surface area contributed by atoms with Gasteiger partial charge in [-0.15, -0.1) is 10.2 Å². The van der Waals surface area contributed by atoms with Crippen molar-refractivity contribution in [3.05, 3.63) is 71.9 Å². The summed E-state index contributed by atoms with van der Waals surface area (Å²) >= 11 is 0. The van der Waals surface area contributed by atoms with Crippen LogP contribution in [0.1, 0.15) is 5.56 Å². The van der Waals surface area contributed by atoms with E-state index in [2.05, 4.69) is 30.5 Å². The maximum Gasteiger partial charge on any atom is 0.225 e. The molecule has 1 N–H and O–H groups in total. The van der Waals surface area contributed by atoms with Gasteiger partial charge in [0.15, 0.2) is 5.82 Å². The molecule has 0 aliphatic heterocycles. The zero-order valence-corrected chi connectivity index (χ0v) is 13.4. The number of anilines is 1. The Morgan fingerprint density at radius 1 is 0.808 bits per heavy atom. The standard InChI is InChI=1S/C18H12F2N6/c19-13-5-1-11(2-6-13)9-21-18-22-10-15-17(24-18)26-25-16(23-15)12-3-7-14(20)8-4-12/h1-8,10H,9H2,(H,21,22,24,26). The highest BCUT2D eigenvalue weighted by Gasteiger charge is 2.07. The minimum Gasteiger partial charge on any atom is -0.350 e. The summed E-state index contributed by atoms with van der Waals surface area (Å²) in [6.45, 7) is 0.445. The second-order valence-corrected chi connectivity index (χ2v) is 5.52. The molecule has 2 aromatic heterocycles. The molecule has 0 fully saturated rings. The van der Waals surface area contributed by atoms with Gasteiger partial charge in [0.2, 0.25) is 11.6 Å². The molecular weight excluding hydrogens is 338 g/mol. The fourth-order valence-corrected chi connectivity index (χ4v) is 2.34. The Bertz CT molecular complexity index is 1050. The van der Waals surface area contributed by atoms with E-state index in [1.165, 1.54) is 30.5 Å². The number of rotatable bonds is 4. The first kappa shape index (κ1) is 15.9. The highest BCUT2D eigenvalue weighted by atomic mass is 19.1. The molecule has 0 spiro atoms. The largest absolute Gasteiger partial charge is 0.350 e. The summed E-state index contributed by atoms with van der Waals surface area (Å²) in [7, 11) is 0. The Balaban J connectivity index is 1.54. The Morgan fingerprint density at radius 2 is 1.50 bits per heavy atom. The Morgan fingerprint density at radius 3 is 2.23 bits per heavy atom. The van der Waals surface area contributed by atoms with E-state index in [4.69, 9.17) is 0 Å². The monoisotopic (exact) mass is 350 g/mol. The third-order valence-corrected chi connectivity index (χ3v) is 3.68. The van der Waals surface area contributed by atoms with Crippen LogP contribution in [0.5, 0.6) is 0 Å². The lowest BCUT2D eigenvalue weighted by molar-refractivity contribution is 0.627. The minimum absolute atomic E-state index is 0.283. The first-order valence-electron chi connectivity index (χ1n) is 7.79. The lowest BCUT2D eigenvalue weighted by Crippen LogP contribution is -2.05. The topological polar surface area (TPSA) is 76.5 Å². The van der Waals surface area contributed by atoms with Crippen molar-refractivity contribution in [1.82, 2.24) is 25.1 Å². The van der Waals surface area contributed by atoms with Gasteiger partial charge in [-0.1, -0.05) is 12.1 Å². The Hall–Kier alpha value is -3.55. The van der Waals surface area contributed by atoms with Crippen LogP contribution in [0.3, 0.4) is 0 Å². The fraction of sp³-hybridized carbons (Fsp3) is 0.0556. The number of nitrogens with zero attached hydrogens (tertiary/aromatic N) is 5. The predicted octanol–water partition coefficient (Wildman–Crippen LogP) is 3.37. The number of aromatic nitrogens is 5. The van der Waals surface area contributed by atoms with E-state index in [0.717, 1.165) is 5.56 Å². The molecule has 128 valence electrons. The zero-order chi connectivity index (χ0) is 17.9. The summed E-state index contributed by atoms with van der Waals surface area (Å²) in [5, 5.41) is 11.1. The first-order valence-corrected chi connectivity index (χ1v) is 7.79. The van der Waals surface area contributed by atoms with E-state index in [0.29, 0.717) is 35.0 Å². The molecule has 4 aromatic rings. The molecule has 0 saturated heterocycles. The Kier molecular flexibility index (Phi) is 4.14. The maximum atomic E-state index is 13.0. The van der Waals surface area contributed by atoms with E-state index in [1.54, 1.807) is 24.3 Å². The molecule has 0 atom stereocenters. The number of hydrogen-bond acceptors (Lipinski definition) is 6. The molecule has 0 saturated carbocycles. The van der Waals surface area contributed by atoms with E-state index in [-0.39, 0.29) is 11.6 Å². The quantitative estimate of drug-likeness (QED) is 0.608. The lowest BCUT2D eigenvalue weighted by atomic mass is 10.2. The molecule has 0 aliphatic rings. The fourth-order valence-electron chi connectivity index (χ4n) is 2.34. The van der Waals surface area contributed by atoms with Crippen molar-refractivity contribution >= 4 is 17.1 Å². The van der Waals surface area contributed by atoms with Gasteiger partial charge < -0.3 is 5.32 Å². The van der Waals surface area contributed by atoms with Crippen molar-refractivity contribution in [1.29, 1.82) is 0 Å². The van der Waals surface area contributed by atoms with Crippen LogP contribution in [0.15, 0.2) is 54.7 Å². The number of benzene rings is 2. The van der Waals surface area contributed by atoms with Crippen molar-refractivity contribution < 1.29 is 8.78 Å². The maximum absolute atomic E-state index is 13.0. The smallest absolute Gasteiger partial charge is 0.225 e. The van der Waals surface area contributed by atoms with Crippen LogP contribution in [0.2, 0.25) is 0 Å². The molecule has 26 heavy (non-hydrogen) atoms. The van der Waals surface area contributed by atoms with E-state index in [9.17, 15) is 8.78 Å².